The van der Waals surface area contributed by atoms with Crippen molar-refractivity contribution in [2.75, 3.05) is 19.6 Å². The molecule has 1 aliphatic rings. The Labute approximate surface area is 110 Å². The number of rotatable bonds is 3. The molecular weight excluding hydrogens is 224 g/mol. The fourth-order valence-electron chi connectivity index (χ4n) is 2.65. The van der Waals surface area contributed by atoms with Gasteiger partial charge in [-0.05, 0) is 51.8 Å². The highest BCUT2D eigenvalue weighted by atomic mass is 16.1. The first-order valence-corrected chi connectivity index (χ1v) is 6.87. The summed E-state index contributed by atoms with van der Waals surface area (Å²) in [5.74, 6) is 1.09. The third-order valence-electron chi connectivity index (χ3n) is 4.32. The van der Waals surface area contributed by atoms with Gasteiger partial charge >= 0.3 is 0 Å². The van der Waals surface area contributed by atoms with E-state index in [1.807, 2.05) is 27.0 Å². The van der Waals surface area contributed by atoms with Crippen LogP contribution in [0.4, 0.5) is 0 Å². The zero-order valence-corrected chi connectivity index (χ0v) is 12.0. The Morgan fingerprint density at radius 2 is 1.94 bits per heavy atom. The second-order valence-electron chi connectivity index (χ2n) is 5.73. The fourth-order valence-corrected chi connectivity index (χ4v) is 2.65. The third-order valence-corrected chi connectivity index (χ3v) is 4.32. The number of Topliss-reactive ketones (excluding diaryl/α,β-unsaturated/α-hetero) is 1. The number of likely N-dealkylation sites (tertiary alicyclic amines) is 1. The van der Waals surface area contributed by atoms with Gasteiger partial charge < -0.3 is 4.57 Å². The van der Waals surface area contributed by atoms with Crippen LogP contribution in [-0.4, -0.2) is 34.9 Å². The first-order chi connectivity index (χ1) is 8.49. The fraction of sp³-hybridized carbons (Fsp3) is 0.667. The van der Waals surface area contributed by atoms with E-state index in [2.05, 4.69) is 16.4 Å². The lowest BCUT2D eigenvalue weighted by atomic mass is 9.99. The lowest BCUT2D eigenvalue weighted by molar-refractivity contribution is 0.0899. The first-order valence-electron chi connectivity index (χ1n) is 6.87. The lowest BCUT2D eigenvalue weighted by Gasteiger charge is -2.29. The van der Waals surface area contributed by atoms with Crippen molar-refractivity contribution in [2.45, 2.75) is 33.6 Å². The number of piperidine rings is 1. The third kappa shape index (κ3) is 2.66. The molecule has 3 nitrogen and oxygen atoms in total. The predicted octanol–water partition coefficient (Wildman–Crippen LogP) is 2.56. The molecule has 2 heterocycles. The largest absolute Gasteiger partial charge is 0.351 e. The van der Waals surface area contributed by atoms with Crippen LogP contribution in [0.25, 0.3) is 0 Å². The van der Waals surface area contributed by atoms with Crippen LogP contribution >= 0.6 is 0 Å². The van der Waals surface area contributed by atoms with E-state index < -0.39 is 0 Å². The molecule has 0 atom stereocenters. The Kier molecular flexibility index (Phi) is 3.91. The van der Waals surface area contributed by atoms with Crippen LogP contribution in [0.5, 0.6) is 0 Å². The topological polar surface area (TPSA) is 25.2 Å². The molecule has 0 bridgehead atoms. The van der Waals surface area contributed by atoms with E-state index in [1.165, 1.54) is 12.8 Å². The Balaban J connectivity index is 2.01. The van der Waals surface area contributed by atoms with Gasteiger partial charge in [0, 0.05) is 24.0 Å². The van der Waals surface area contributed by atoms with Gasteiger partial charge in [-0.25, -0.2) is 0 Å². The van der Waals surface area contributed by atoms with Crippen LogP contribution in [-0.2, 0) is 7.05 Å². The van der Waals surface area contributed by atoms with E-state index in [9.17, 15) is 4.79 Å². The molecule has 1 saturated heterocycles. The molecule has 2 rings (SSSR count). The number of hydrogen-bond donors (Lipinski definition) is 0. The molecule has 0 radical (unpaired) electrons. The second-order valence-corrected chi connectivity index (χ2v) is 5.73. The van der Waals surface area contributed by atoms with E-state index in [4.69, 9.17) is 0 Å². The number of carbonyl (C=O) groups excluding carboxylic acids is 1. The van der Waals surface area contributed by atoms with Crippen molar-refractivity contribution in [3.63, 3.8) is 0 Å². The summed E-state index contributed by atoms with van der Waals surface area (Å²) in [6.45, 7) is 9.08. The maximum Gasteiger partial charge on any atom is 0.178 e. The average molecular weight is 248 g/mol. The smallest absolute Gasteiger partial charge is 0.178 e. The van der Waals surface area contributed by atoms with Gasteiger partial charge in [-0.15, -0.1) is 0 Å². The van der Waals surface area contributed by atoms with Crippen LogP contribution in [0.2, 0.25) is 0 Å². The summed E-state index contributed by atoms with van der Waals surface area (Å²) in [6, 6.07) is 2.02. The molecule has 0 N–H and O–H groups in total. The van der Waals surface area contributed by atoms with Crippen molar-refractivity contribution in [1.82, 2.24) is 9.47 Å². The molecule has 0 unspecified atom stereocenters. The van der Waals surface area contributed by atoms with Crippen molar-refractivity contribution >= 4 is 5.78 Å². The molecule has 0 aromatic carbocycles. The van der Waals surface area contributed by atoms with Gasteiger partial charge in [-0.3, -0.25) is 9.69 Å². The number of hydrogen-bond acceptors (Lipinski definition) is 2. The zero-order chi connectivity index (χ0) is 13.3. The average Bonchev–Trinajstić information content (AvgIpc) is 2.60. The van der Waals surface area contributed by atoms with Gasteiger partial charge in [-0.2, -0.15) is 0 Å². The SMILES string of the molecule is Cc1cc(C(=O)CN2CCC(C)CC2)c(C)n1C. The monoisotopic (exact) mass is 248 g/mol. The van der Waals surface area contributed by atoms with Crippen LogP contribution < -0.4 is 0 Å². The highest BCUT2D eigenvalue weighted by Crippen LogP contribution is 2.18. The van der Waals surface area contributed by atoms with Crippen LogP contribution in [0, 0.1) is 19.8 Å². The zero-order valence-electron chi connectivity index (χ0n) is 12.0. The normalized spacial score (nSPS) is 18.2. The summed E-state index contributed by atoms with van der Waals surface area (Å²) >= 11 is 0. The van der Waals surface area contributed by atoms with Crippen molar-refractivity contribution < 1.29 is 4.79 Å². The highest BCUT2D eigenvalue weighted by molar-refractivity contribution is 5.99. The standard InChI is InChI=1S/C15H24N2O/c1-11-5-7-17(8-6-11)10-15(18)14-9-12(2)16(4)13(14)3/h9,11H,5-8,10H2,1-4H3. The van der Waals surface area contributed by atoms with Crippen molar-refractivity contribution in [3.05, 3.63) is 23.0 Å². The van der Waals surface area contributed by atoms with Crippen molar-refractivity contribution in [2.24, 2.45) is 13.0 Å². The summed E-state index contributed by atoms with van der Waals surface area (Å²) in [5, 5.41) is 0. The van der Waals surface area contributed by atoms with Gasteiger partial charge in [0.25, 0.3) is 0 Å². The molecule has 18 heavy (non-hydrogen) atoms. The molecule has 3 heteroatoms. The maximum atomic E-state index is 12.3. The van der Waals surface area contributed by atoms with E-state index in [-0.39, 0.29) is 5.78 Å². The quantitative estimate of drug-likeness (QED) is 0.768. The summed E-state index contributed by atoms with van der Waals surface area (Å²) in [4.78, 5) is 14.6. The Hall–Kier alpha value is -1.09. The van der Waals surface area contributed by atoms with Crippen molar-refractivity contribution in [3.8, 4) is 0 Å². The van der Waals surface area contributed by atoms with Gasteiger partial charge in [0.1, 0.15) is 0 Å². The van der Waals surface area contributed by atoms with Gasteiger partial charge in [0.15, 0.2) is 5.78 Å². The minimum absolute atomic E-state index is 0.269. The lowest BCUT2D eigenvalue weighted by Crippen LogP contribution is -2.36. The molecular formula is C15H24N2O. The molecule has 0 aliphatic carbocycles. The summed E-state index contributed by atoms with van der Waals surface area (Å²) in [5.41, 5.74) is 3.14. The summed E-state index contributed by atoms with van der Waals surface area (Å²) < 4.78 is 2.09. The van der Waals surface area contributed by atoms with Gasteiger partial charge in [-0.1, -0.05) is 6.92 Å². The van der Waals surface area contributed by atoms with E-state index >= 15 is 0 Å². The number of nitrogens with zero attached hydrogens (tertiary/aromatic N) is 2. The molecule has 0 saturated carbocycles. The highest BCUT2D eigenvalue weighted by Gasteiger charge is 2.20. The minimum Gasteiger partial charge on any atom is -0.351 e. The van der Waals surface area contributed by atoms with Crippen LogP contribution in [0.3, 0.4) is 0 Å². The molecule has 1 aromatic heterocycles. The maximum absolute atomic E-state index is 12.3. The second kappa shape index (κ2) is 5.27. The molecule has 1 aromatic rings. The number of aromatic nitrogens is 1. The van der Waals surface area contributed by atoms with E-state index in [1.54, 1.807) is 0 Å². The first kappa shape index (κ1) is 13.3. The summed E-state index contributed by atoms with van der Waals surface area (Å²) in [7, 11) is 2.02. The summed E-state index contributed by atoms with van der Waals surface area (Å²) in [6.07, 6.45) is 2.44. The molecule has 100 valence electrons. The number of aryl methyl sites for hydroxylation is 1. The van der Waals surface area contributed by atoms with E-state index in [0.29, 0.717) is 6.54 Å². The molecule has 1 fully saturated rings. The minimum atomic E-state index is 0.269. The van der Waals surface area contributed by atoms with Crippen LogP contribution in [0.15, 0.2) is 6.07 Å². The van der Waals surface area contributed by atoms with Crippen molar-refractivity contribution in [1.29, 1.82) is 0 Å². The number of carbonyl (C=O) groups is 1. The van der Waals surface area contributed by atoms with E-state index in [0.717, 1.165) is 36.0 Å². The van der Waals surface area contributed by atoms with Gasteiger partial charge in [0.2, 0.25) is 0 Å². The van der Waals surface area contributed by atoms with Crippen LogP contribution in [0.1, 0.15) is 41.5 Å². The molecule has 1 aliphatic heterocycles. The molecule has 0 amide bonds. The Morgan fingerprint density at radius 3 is 2.44 bits per heavy atom. The Morgan fingerprint density at radius 1 is 1.33 bits per heavy atom. The number of ketones is 1. The van der Waals surface area contributed by atoms with Gasteiger partial charge in [0.05, 0.1) is 6.54 Å². The Bertz CT molecular complexity index is 440. The molecule has 0 spiro atoms. The predicted molar refractivity (Wildman–Crippen MR) is 74.1 cm³/mol.